The maximum Gasteiger partial charge on any atom is 0.228 e. The van der Waals surface area contributed by atoms with Gasteiger partial charge in [0.05, 0.1) is 12.7 Å². The van der Waals surface area contributed by atoms with Crippen LogP contribution < -0.4 is 25.3 Å². The molecule has 3 N–H and O–H groups in total. The van der Waals surface area contributed by atoms with Gasteiger partial charge >= 0.3 is 0 Å². The molecular formula is C22H20Cl2N3O2S+. The summed E-state index contributed by atoms with van der Waals surface area (Å²) < 4.78 is 11.5. The normalized spacial score (nSPS) is 10.6. The lowest BCUT2D eigenvalue weighted by Gasteiger charge is -2.13. The van der Waals surface area contributed by atoms with Crippen LogP contribution in [-0.2, 0) is 6.61 Å². The van der Waals surface area contributed by atoms with E-state index in [1.165, 1.54) is 0 Å². The molecule has 0 aliphatic carbocycles. The zero-order valence-electron chi connectivity index (χ0n) is 16.1. The first-order valence-corrected chi connectivity index (χ1v) is 10.2. The third kappa shape index (κ3) is 5.86. The Bertz CT molecular complexity index is 1030. The van der Waals surface area contributed by atoms with Crippen LogP contribution >= 0.6 is 35.4 Å². The van der Waals surface area contributed by atoms with Gasteiger partial charge in [-0.1, -0.05) is 53.5 Å². The number of halogens is 2. The zero-order valence-corrected chi connectivity index (χ0v) is 18.4. The maximum absolute atomic E-state index is 6.25. The summed E-state index contributed by atoms with van der Waals surface area (Å²) in [5.74, 6) is 1.13. The number of benzene rings is 3. The van der Waals surface area contributed by atoms with Crippen molar-refractivity contribution in [3.8, 4) is 11.5 Å². The van der Waals surface area contributed by atoms with Gasteiger partial charge in [0.1, 0.15) is 6.61 Å². The van der Waals surface area contributed by atoms with Crippen LogP contribution in [0.2, 0.25) is 10.0 Å². The summed E-state index contributed by atoms with van der Waals surface area (Å²) in [6, 6.07) is 20.5. The Hall–Kier alpha value is -2.80. The molecule has 0 aliphatic rings. The molecule has 8 heteroatoms. The van der Waals surface area contributed by atoms with Crippen molar-refractivity contribution in [3.05, 3.63) is 87.9 Å². The van der Waals surface area contributed by atoms with Gasteiger partial charge in [-0.2, -0.15) is 0 Å². The fourth-order valence-electron chi connectivity index (χ4n) is 2.64. The van der Waals surface area contributed by atoms with Crippen LogP contribution in [0.1, 0.15) is 11.1 Å². The van der Waals surface area contributed by atoms with E-state index in [0.717, 1.165) is 11.3 Å². The second-order valence-electron chi connectivity index (χ2n) is 6.10. The van der Waals surface area contributed by atoms with Crippen LogP contribution in [0.3, 0.4) is 0 Å². The quantitative estimate of drug-likeness (QED) is 0.282. The highest BCUT2D eigenvalue weighted by Gasteiger charge is 2.14. The summed E-state index contributed by atoms with van der Waals surface area (Å²) in [5, 5.41) is 7.55. The molecule has 0 saturated heterocycles. The average molecular weight is 461 g/mol. The Morgan fingerprint density at radius 2 is 1.70 bits per heavy atom. The van der Waals surface area contributed by atoms with Crippen molar-refractivity contribution in [1.29, 1.82) is 0 Å². The highest BCUT2D eigenvalue weighted by Crippen LogP contribution is 2.32. The lowest BCUT2D eigenvalue weighted by molar-refractivity contribution is -0.499. The van der Waals surface area contributed by atoms with Crippen LogP contribution in [0, 0.1) is 0 Å². The van der Waals surface area contributed by atoms with Crippen molar-refractivity contribution in [3.63, 3.8) is 0 Å². The van der Waals surface area contributed by atoms with E-state index < -0.39 is 0 Å². The molecule has 0 saturated carbocycles. The third-order valence-corrected chi connectivity index (χ3v) is 5.01. The molecule has 0 aromatic heterocycles. The summed E-state index contributed by atoms with van der Waals surface area (Å²) in [7, 11) is 1.58. The second-order valence-corrected chi connectivity index (χ2v) is 7.32. The van der Waals surface area contributed by atoms with Crippen LogP contribution in [0.15, 0.2) is 66.7 Å². The molecule has 154 valence electrons. The Kier molecular flexibility index (Phi) is 7.90. The summed E-state index contributed by atoms with van der Waals surface area (Å²) in [5.41, 5.74) is 5.26. The second kappa shape index (κ2) is 10.8. The molecule has 30 heavy (non-hydrogen) atoms. The number of hydrazone groups is 1. The molecule has 0 atom stereocenters. The summed E-state index contributed by atoms with van der Waals surface area (Å²) >= 11 is 17.8. The molecule has 0 aliphatic heterocycles. The largest absolute Gasteiger partial charge is 0.493 e. The van der Waals surface area contributed by atoms with E-state index in [2.05, 4.69) is 15.8 Å². The monoisotopic (exact) mass is 460 g/mol. The highest BCUT2D eigenvalue weighted by atomic mass is 35.5. The van der Waals surface area contributed by atoms with Gasteiger partial charge < -0.3 is 14.8 Å². The number of rotatable bonds is 7. The van der Waals surface area contributed by atoms with Gasteiger partial charge in [-0.15, -0.1) is 10.5 Å². The highest BCUT2D eigenvalue weighted by molar-refractivity contribution is 7.80. The number of anilines is 1. The number of thiocarbonyl (C=S) groups is 1. The van der Waals surface area contributed by atoms with Gasteiger partial charge in [0.15, 0.2) is 11.5 Å². The molecule has 3 rings (SSSR count). The molecule has 0 bridgehead atoms. The van der Waals surface area contributed by atoms with Crippen LogP contribution in [0.5, 0.6) is 11.5 Å². The number of para-hydroxylation sites is 2. The summed E-state index contributed by atoms with van der Waals surface area (Å²) in [4.78, 5) is 0. The van der Waals surface area contributed by atoms with E-state index in [4.69, 9.17) is 44.9 Å². The van der Waals surface area contributed by atoms with Gasteiger partial charge in [0, 0.05) is 21.3 Å². The molecule has 3 aromatic carbocycles. The minimum Gasteiger partial charge on any atom is -0.493 e. The minimum atomic E-state index is 0.196. The van der Waals surface area contributed by atoms with E-state index in [-0.39, 0.29) is 6.61 Å². The third-order valence-electron chi connectivity index (χ3n) is 4.10. The predicted molar refractivity (Wildman–Crippen MR) is 126 cm³/mol. The molecule has 0 heterocycles. The van der Waals surface area contributed by atoms with E-state index in [9.17, 15) is 0 Å². The first kappa shape index (κ1) is 21.9. The van der Waals surface area contributed by atoms with Gasteiger partial charge in [-0.25, -0.2) is 0 Å². The number of methoxy groups -OCH3 is 1. The molecular weight excluding hydrogens is 441 g/mol. The van der Waals surface area contributed by atoms with Crippen molar-refractivity contribution in [2.75, 3.05) is 12.4 Å². The minimum absolute atomic E-state index is 0.196. The lowest BCUT2D eigenvalue weighted by atomic mass is 10.2. The average Bonchev–Trinajstić information content (AvgIpc) is 2.74. The van der Waals surface area contributed by atoms with Gasteiger partial charge in [-0.3, -0.25) is 0 Å². The standard InChI is InChI=1S/C22H19Cl2N3O2S/c1-28-20-12-5-7-15(13-25-27-22(30)26-16-8-3-2-4-9-16)21(20)29-14-17-18(23)10-6-11-19(17)24/h2-13H,14H2,1H3,(H2,26,27,30)/p+1. The molecule has 3 aromatic rings. The number of hydrogen-bond donors (Lipinski definition) is 3. The predicted octanol–water partition coefficient (Wildman–Crippen LogP) is 3.98. The summed E-state index contributed by atoms with van der Waals surface area (Å²) in [6.07, 6.45) is 1.73. The van der Waals surface area contributed by atoms with Gasteiger partial charge in [0.25, 0.3) is 0 Å². The van der Waals surface area contributed by atoms with Gasteiger partial charge in [0.2, 0.25) is 11.3 Å². The van der Waals surface area contributed by atoms with Crippen LogP contribution in [-0.4, -0.2) is 18.4 Å². The van der Waals surface area contributed by atoms with Crippen molar-refractivity contribution in [2.24, 2.45) is 0 Å². The Morgan fingerprint density at radius 3 is 2.40 bits per heavy atom. The first-order valence-electron chi connectivity index (χ1n) is 9.02. The number of hydrazine groups is 1. The lowest BCUT2D eigenvalue weighted by Crippen LogP contribution is -2.82. The SMILES string of the molecule is COc1cccc(C=[NH+]NC(=S)Nc2ccccc2)c1OCc1c(Cl)cccc1Cl. The number of hydrogen-bond acceptors (Lipinski definition) is 3. The Morgan fingerprint density at radius 1 is 1.00 bits per heavy atom. The summed E-state index contributed by atoms with van der Waals surface area (Å²) in [6.45, 7) is 0.196. The Labute approximate surface area is 190 Å². The number of ether oxygens (including phenoxy) is 2. The van der Waals surface area contributed by atoms with E-state index in [1.807, 2.05) is 48.5 Å². The topological polar surface area (TPSA) is 56.5 Å². The molecule has 0 radical (unpaired) electrons. The van der Waals surface area contributed by atoms with Crippen LogP contribution in [0.25, 0.3) is 0 Å². The van der Waals surface area contributed by atoms with Gasteiger partial charge in [-0.05, 0) is 48.6 Å². The van der Waals surface area contributed by atoms with E-state index >= 15 is 0 Å². The molecule has 0 unspecified atom stereocenters. The Balaban J connectivity index is 1.72. The zero-order chi connectivity index (χ0) is 21.3. The molecule has 0 spiro atoms. The fourth-order valence-corrected chi connectivity index (χ4v) is 3.32. The van der Waals surface area contributed by atoms with Crippen LogP contribution in [0.4, 0.5) is 5.69 Å². The molecule has 0 amide bonds. The van der Waals surface area contributed by atoms with Crippen molar-refractivity contribution in [2.45, 2.75) is 6.61 Å². The van der Waals surface area contributed by atoms with E-state index in [0.29, 0.717) is 32.2 Å². The fraction of sp³-hybridized carbons (Fsp3) is 0.0909. The molecule has 5 nitrogen and oxygen atoms in total. The number of nitrogens with one attached hydrogen (secondary N) is 3. The van der Waals surface area contributed by atoms with Crippen molar-refractivity contribution >= 4 is 52.4 Å². The van der Waals surface area contributed by atoms with E-state index in [1.54, 1.807) is 31.5 Å². The van der Waals surface area contributed by atoms with Crippen molar-refractivity contribution < 1.29 is 14.6 Å². The first-order chi connectivity index (χ1) is 14.6. The molecule has 0 fully saturated rings. The van der Waals surface area contributed by atoms with Crippen molar-refractivity contribution in [1.82, 2.24) is 5.43 Å². The maximum atomic E-state index is 6.25. The smallest absolute Gasteiger partial charge is 0.228 e.